The highest BCUT2D eigenvalue weighted by molar-refractivity contribution is 4.80. The molecule has 0 bridgehead atoms. The standard InChI is InChI=1S/C11H24N2O2/c1-13(5-7-14-2)11(8-12)10-4-3-6-15-9-10/h10-11H,3-9,12H2,1-2H3. The Labute approximate surface area is 92.7 Å². The van der Waals surface area contributed by atoms with Gasteiger partial charge in [0.2, 0.25) is 0 Å². The van der Waals surface area contributed by atoms with Gasteiger partial charge in [0.25, 0.3) is 0 Å². The van der Waals surface area contributed by atoms with Crippen molar-refractivity contribution in [3.8, 4) is 0 Å². The Balaban J connectivity index is 2.37. The van der Waals surface area contributed by atoms with Gasteiger partial charge in [0.05, 0.1) is 13.2 Å². The van der Waals surface area contributed by atoms with Crippen LogP contribution in [-0.2, 0) is 9.47 Å². The van der Waals surface area contributed by atoms with E-state index in [1.165, 1.54) is 12.8 Å². The minimum absolute atomic E-state index is 0.431. The minimum Gasteiger partial charge on any atom is -0.383 e. The van der Waals surface area contributed by atoms with Crippen molar-refractivity contribution in [1.29, 1.82) is 0 Å². The van der Waals surface area contributed by atoms with Gasteiger partial charge >= 0.3 is 0 Å². The van der Waals surface area contributed by atoms with Gasteiger partial charge in [0, 0.05) is 32.8 Å². The van der Waals surface area contributed by atoms with Crippen molar-refractivity contribution in [3.63, 3.8) is 0 Å². The van der Waals surface area contributed by atoms with E-state index >= 15 is 0 Å². The molecular weight excluding hydrogens is 192 g/mol. The molecule has 2 atom stereocenters. The summed E-state index contributed by atoms with van der Waals surface area (Å²) in [5.41, 5.74) is 5.84. The van der Waals surface area contributed by atoms with Gasteiger partial charge in [-0.05, 0) is 25.8 Å². The largest absolute Gasteiger partial charge is 0.383 e. The number of nitrogens with zero attached hydrogens (tertiary/aromatic N) is 1. The quantitative estimate of drug-likeness (QED) is 0.694. The predicted octanol–water partition coefficient (Wildman–Crippen LogP) is 0.319. The Bertz CT molecular complexity index is 161. The van der Waals surface area contributed by atoms with Crippen LogP contribution in [0.1, 0.15) is 12.8 Å². The van der Waals surface area contributed by atoms with Crippen LogP contribution in [0, 0.1) is 5.92 Å². The first-order valence-corrected chi connectivity index (χ1v) is 5.76. The third-order valence-corrected chi connectivity index (χ3v) is 3.20. The highest BCUT2D eigenvalue weighted by Gasteiger charge is 2.25. The van der Waals surface area contributed by atoms with Gasteiger partial charge < -0.3 is 15.2 Å². The molecule has 0 amide bonds. The van der Waals surface area contributed by atoms with Gasteiger partial charge in [-0.2, -0.15) is 0 Å². The fraction of sp³-hybridized carbons (Fsp3) is 1.00. The van der Waals surface area contributed by atoms with Crippen LogP contribution in [-0.4, -0.2) is 58.0 Å². The molecule has 1 saturated heterocycles. The molecule has 1 rings (SSSR count). The SMILES string of the molecule is COCCN(C)C(CN)C1CCCOC1. The maximum atomic E-state index is 5.84. The molecule has 15 heavy (non-hydrogen) atoms. The van der Waals surface area contributed by atoms with E-state index in [-0.39, 0.29) is 0 Å². The van der Waals surface area contributed by atoms with E-state index in [0.29, 0.717) is 18.5 Å². The molecule has 0 aromatic heterocycles. The molecular formula is C11H24N2O2. The first kappa shape index (κ1) is 12.9. The van der Waals surface area contributed by atoms with Gasteiger partial charge in [0.15, 0.2) is 0 Å². The molecule has 0 aromatic rings. The third-order valence-electron chi connectivity index (χ3n) is 3.20. The van der Waals surface area contributed by atoms with Crippen molar-refractivity contribution in [2.24, 2.45) is 11.7 Å². The zero-order valence-electron chi connectivity index (χ0n) is 9.95. The summed E-state index contributed by atoms with van der Waals surface area (Å²) in [6, 6.07) is 0.431. The van der Waals surface area contributed by atoms with Crippen LogP contribution < -0.4 is 5.73 Å². The molecule has 1 fully saturated rings. The van der Waals surface area contributed by atoms with Crippen molar-refractivity contribution in [1.82, 2.24) is 4.90 Å². The molecule has 0 aliphatic carbocycles. The van der Waals surface area contributed by atoms with Crippen LogP contribution >= 0.6 is 0 Å². The number of ether oxygens (including phenoxy) is 2. The Morgan fingerprint density at radius 3 is 2.93 bits per heavy atom. The summed E-state index contributed by atoms with van der Waals surface area (Å²) in [6.45, 7) is 4.18. The number of hydrogen-bond acceptors (Lipinski definition) is 4. The maximum Gasteiger partial charge on any atom is 0.0589 e. The van der Waals surface area contributed by atoms with E-state index in [2.05, 4.69) is 11.9 Å². The van der Waals surface area contributed by atoms with E-state index < -0.39 is 0 Å². The van der Waals surface area contributed by atoms with E-state index in [4.69, 9.17) is 15.2 Å². The Morgan fingerprint density at radius 2 is 2.40 bits per heavy atom. The molecule has 0 spiro atoms. The highest BCUT2D eigenvalue weighted by Crippen LogP contribution is 2.20. The molecule has 2 unspecified atom stereocenters. The minimum atomic E-state index is 0.431. The van der Waals surface area contributed by atoms with E-state index in [9.17, 15) is 0 Å². The number of nitrogens with two attached hydrogens (primary N) is 1. The zero-order chi connectivity index (χ0) is 11.1. The lowest BCUT2D eigenvalue weighted by molar-refractivity contribution is 0.0125. The lowest BCUT2D eigenvalue weighted by atomic mass is 9.93. The van der Waals surface area contributed by atoms with Crippen LogP contribution in [0.3, 0.4) is 0 Å². The van der Waals surface area contributed by atoms with E-state index in [1.807, 2.05) is 0 Å². The Morgan fingerprint density at radius 1 is 1.60 bits per heavy atom. The summed E-state index contributed by atoms with van der Waals surface area (Å²) in [6.07, 6.45) is 2.40. The zero-order valence-corrected chi connectivity index (χ0v) is 9.95. The van der Waals surface area contributed by atoms with Crippen LogP contribution in [0.2, 0.25) is 0 Å². The number of likely N-dealkylation sites (N-methyl/N-ethyl adjacent to an activating group) is 1. The van der Waals surface area contributed by atoms with Crippen molar-refractivity contribution in [3.05, 3.63) is 0 Å². The lowest BCUT2D eigenvalue weighted by Crippen LogP contribution is -2.47. The van der Waals surface area contributed by atoms with Crippen molar-refractivity contribution >= 4 is 0 Å². The maximum absolute atomic E-state index is 5.84. The number of hydrogen-bond donors (Lipinski definition) is 1. The fourth-order valence-corrected chi connectivity index (χ4v) is 2.20. The number of methoxy groups -OCH3 is 1. The Kier molecular flexibility index (Phi) is 6.17. The second kappa shape index (κ2) is 7.17. The smallest absolute Gasteiger partial charge is 0.0589 e. The molecule has 0 saturated carbocycles. The molecule has 90 valence electrons. The summed E-state index contributed by atoms with van der Waals surface area (Å²) in [7, 11) is 3.85. The molecule has 0 radical (unpaired) electrons. The summed E-state index contributed by atoms with van der Waals surface area (Å²) < 4.78 is 10.6. The molecule has 1 aliphatic heterocycles. The average Bonchev–Trinajstić information content (AvgIpc) is 2.29. The predicted molar refractivity (Wildman–Crippen MR) is 60.9 cm³/mol. The van der Waals surface area contributed by atoms with Crippen LogP contribution in [0.15, 0.2) is 0 Å². The van der Waals surface area contributed by atoms with Crippen molar-refractivity contribution in [2.75, 3.05) is 47.1 Å². The third kappa shape index (κ3) is 4.07. The summed E-state index contributed by atoms with van der Waals surface area (Å²) in [4.78, 5) is 2.29. The Hall–Kier alpha value is -0.160. The fourth-order valence-electron chi connectivity index (χ4n) is 2.20. The summed E-state index contributed by atoms with van der Waals surface area (Å²) >= 11 is 0. The lowest BCUT2D eigenvalue weighted by Gasteiger charge is -2.35. The summed E-state index contributed by atoms with van der Waals surface area (Å²) in [5, 5.41) is 0. The van der Waals surface area contributed by atoms with Gasteiger partial charge in [-0.3, -0.25) is 4.90 Å². The molecule has 1 aliphatic rings. The van der Waals surface area contributed by atoms with Crippen molar-refractivity contribution < 1.29 is 9.47 Å². The van der Waals surface area contributed by atoms with Gasteiger partial charge in [0.1, 0.15) is 0 Å². The van der Waals surface area contributed by atoms with Crippen molar-refractivity contribution in [2.45, 2.75) is 18.9 Å². The average molecular weight is 216 g/mol. The second-order valence-corrected chi connectivity index (χ2v) is 4.25. The van der Waals surface area contributed by atoms with Gasteiger partial charge in [-0.15, -0.1) is 0 Å². The van der Waals surface area contributed by atoms with E-state index in [0.717, 1.165) is 26.4 Å². The summed E-state index contributed by atoms with van der Waals surface area (Å²) in [5.74, 6) is 0.589. The van der Waals surface area contributed by atoms with Gasteiger partial charge in [-0.25, -0.2) is 0 Å². The molecule has 1 heterocycles. The van der Waals surface area contributed by atoms with Crippen LogP contribution in [0.4, 0.5) is 0 Å². The number of rotatable bonds is 6. The highest BCUT2D eigenvalue weighted by atomic mass is 16.5. The molecule has 0 aromatic carbocycles. The molecule has 2 N–H and O–H groups in total. The first-order chi connectivity index (χ1) is 7.29. The second-order valence-electron chi connectivity index (χ2n) is 4.25. The normalized spacial score (nSPS) is 24.4. The van der Waals surface area contributed by atoms with E-state index in [1.54, 1.807) is 7.11 Å². The van der Waals surface area contributed by atoms with Crippen LogP contribution in [0.25, 0.3) is 0 Å². The topological polar surface area (TPSA) is 47.7 Å². The monoisotopic (exact) mass is 216 g/mol. The van der Waals surface area contributed by atoms with Gasteiger partial charge in [-0.1, -0.05) is 0 Å². The molecule has 4 nitrogen and oxygen atoms in total. The van der Waals surface area contributed by atoms with Crippen LogP contribution in [0.5, 0.6) is 0 Å². The molecule has 4 heteroatoms. The first-order valence-electron chi connectivity index (χ1n) is 5.76.